The number of hydrogen-bond acceptors (Lipinski definition) is 7. The van der Waals surface area contributed by atoms with E-state index in [4.69, 9.17) is 0 Å². The Kier molecular flexibility index (Phi) is 6.70. The molecule has 30 heavy (non-hydrogen) atoms. The maximum Gasteiger partial charge on any atom is 0.293 e. The first-order chi connectivity index (χ1) is 14.0. The minimum Gasteiger partial charge on any atom is -0.366 e. The fourth-order valence-corrected chi connectivity index (χ4v) is 6.36. The fourth-order valence-electron chi connectivity index (χ4n) is 4.07. The molecule has 2 heterocycles. The van der Waals surface area contributed by atoms with Crippen LogP contribution in [0.3, 0.4) is 0 Å². The van der Waals surface area contributed by atoms with Gasteiger partial charge in [0.25, 0.3) is 5.69 Å². The van der Waals surface area contributed by atoms with Crippen molar-refractivity contribution in [1.82, 2.24) is 8.61 Å². The SMILES string of the molecule is CN(C1CCN(c2ccc(S(=O)(=O)N3CCCCC3)cc2[N+](=O)[O-])CC1)S(C)(=O)=O. The smallest absolute Gasteiger partial charge is 0.293 e. The molecular formula is C18H28N4O6S2. The van der Waals surface area contributed by atoms with Crippen LogP contribution < -0.4 is 4.90 Å². The van der Waals surface area contributed by atoms with Crippen LogP contribution in [-0.4, -0.2) is 75.9 Å². The van der Waals surface area contributed by atoms with Gasteiger partial charge in [0.1, 0.15) is 5.69 Å². The van der Waals surface area contributed by atoms with Crippen molar-refractivity contribution in [2.45, 2.75) is 43.0 Å². The summed E-state index contributed by atoms with van der Waals surface area (Å²) in [6.45, 7) is 1.76. The second kappa shape index (κ2) is 8.77. The molecule has 2 saturated heterocycles. The molecule has 0 radical (unpaired) electrons. The van der Waals surface area contributed by atoms with E-state index in [1.165, 1.54) is 20.7 Å². The normalized spacial score (nSPS) is 19.9. The Hall–Kier alpha value is -1.76. The highest BCUT2D eigenvalue weighted by atomic mass is 32.2. The summed E-state index contributed by atoms with van der Waals surface area (Å²) >= 11 is 0. The lowest BCUT2D eigenvalue weighted by Gasteiger charge is -2.36. The molecule has 1 aromatic rings. The summed E-state index contributed by atoms with van der Waals surface area (Å²) in [5.74, 6) is 0. The quantitative estimate of drug-likeness (QED) is 0.467. The first-order valence-corrected chi connectivity index (χ1v) is 13.3. The van der Waals surface area contributed by atoms with Crippen LogP contribution in [0.5, 0.6) is 0 Å². The molecule has 168 valence electrons. The molecule has 0 aliphatic carbocycles. The molecule has 3 rings (SSSR count). The summed E-state index contributed by atoms with van der Waals surface area (Å²) in [4.78, 5) is 12.9. The van der Waals surface area contributed by atoms with Gasteiger partial charge in [0.2, 0.25) is 20.0 Å². The van der Waals surface area contributed by atoms with E-state index >= 15 is 0 Å². The average molecular weight is 461 g/mol. The molecular weight excluding hydrogens is 432 g/mol. The van der Waals surface area contributed by atoms with Crippen LogP contribution in [-0.2, 0) is 20.0 Å². The predicted octanol–water partition coefficient (Wildman–Crippen LogP) is 1.63. The number of nitrogens with zero attached hydrogens (tertiary/aromatic N) is 4. The van der Waals surface area contributed by atoms with Gasteiger partial charge in [-0.25, -0.2) is 21.1 Å². The van der Waals surface area contributed by atoms with Gasteiger partial charge in [-0.05, 0) is 37.8 Å². The Labute approximate surface area is 177 Å². The molecule has 2 fully saturated rings. The van der Waals surface area contributed by atoms with Gasteiger partial charge in [0.15, 0.2) is 0 Å². The summed E-state index contributed by atoms with van der Waals surface area (Å²) in [5, 5.41) is 11.7. The van der Waals surface area contributed by atoms with E-state index in [0.29, 0.717) is 44.7 Å². The Morgan fingerprint density at radius 3 is 2.17 bits per heavy atom. The topological polar surface area (TPSA) is 121 Å². The summed E-state index contributed by atoms with van der Waals surface area (Å²) in [7, 11) is -5.53. The predicted molar refractivity (Wildman–Crippen MR) is 114 cm³/mol. The maximum absolute atomic E-state index is 12.9. The Morgan fingerprint density at radius 1 is 1.03 bits per heavy atom. The minimum absolute atomic E-state index is 0.0634. The van der Waals surface area contributed by atoms with Crippen molar-refractivity contribution >= 4 is 31.4 Å². The van der Waals surface area contributed by atoms with Crippen LogP contribution in [0.15, 0.2) is 23.1 Å². The third kappa shape index (κ3) is 4.76. The lowest BCUT2D eigenvalue weighted by Crippen LogP contribution is -2.45. The van der Waals surface area contributed by atoms with Gasteiger partial charge in [0, 0.05) is 45.3 Å². The number of nitro benzene ring substituents is 1. The van der Waals surface area contributed by atoms with E-state index < -0.39 is 25.0 Å². The van der Waals surface area contributed by atoms with Crippen LogP contribution in [0.4, 0.5) is 11.4 Å². The van der Waals surface area contributed by atoms with Gasteiger partial charge >= 0.3 is 0 Å². The van der Waals surface area contributed by atoms with Gasteiger partial charge in [-0.1, -0.05) is 6.42 Å². The van der Waals surface area contributed by atoms with E-state index in [1.807, 2.05) is 4.90 Å². The maximum atomic E-state index is 12.9. The second-order valence-corrected chi connectivity index (χ2v) is 11.8. The molecule has 2 aliphatic heterocycles. The minimum atomic E-state index is -3.76. The lowest BCUT2D eigenvalue weighted by atomic mass is 10.0. The van der Waals surface area contributed by atoms with Gasteiger partial charge in [-0.2, -0.15) is 4.31 Å². The van der Waals surface area contributed by atoms with E-state index in [1.54, 1.807) is 7.05 Å². The number of nitro groups is 1. The Bertz CT molecular complexity index is 998. The molecule has 0 atom stereocenters. The van der Waals surface area contributed by atoms with Crippen LogP contribution in [0, 0.1) is 10.1 Å². The molecule has 0 spiro atoms. The van der Waals surface area contributed by atoms with Crippen molar-refractivity contribution in [3.05, 3.63) is 28.3 Å². The van der Waals surface area contributed by atoms with Crippen LogP contribution in [0.25, 0.3) is 0 Å². The van der Waals surface area contributed by atoms with Gasteiger partial charge in [0.05, 0.1) is 16.1 Å². The lowest BCUT2D eigenvalue weighted by molar-refractivity contribution is -0.384. The highest BCUT2D eigenvalue weighted by molar-refractivity contribution is 7.89. The molecule has 0 bridgehead atoms. The third-order valence-electron chi connectivity index (χ3n) is 5.94. The Balaban J connectivity index is 1.82. The Morgan fingerprint density at radius 2 is 1.63 bits per heavy atom. The first kappa shape index (κ1) is 22.9. The zero-order valence-electron chi connectivity index (χ0n) is 17.2. The number of rotatable bonds is 6. The molecule has 12 heteroatoms. The average Bonchev–Trinajstić information content (AvgIpc) is 2.73. The van der Waals surface area contributed by atoms with Crippen molar-refractivity contribution in [2.75, 3.05) is 44.4 Å². The second-order valence-electron chi connectivity index (χ2n) is 7.87. The molecule has 0 N–H and O–H groups in total. The number of hydrogen-bond donors (Lipinski definition) is 0. The van der Waals surface area contributed by atoms with E-state index in [0.717, 1.165) is 31.6 Å². The van der Waals surface area contributed by atoms with Crippen LogP contribution in [0.2, 0.25) is 0 Å². The number of anilines is 1. The van der Waals surface area contributed by atoms with Crippen molar-refractivity contribution in [3.8, 4) is 0 Å². The third-order valence-corrected chi connectivity index (χ3v) is 9.18. The van der Waals surface area contributed by atoms with Gasteiger partial charge in [-0.3, -0.25) is 10.1 Å². The molecule has 0 aromatic heterocycles. The van der Waals surface area contributed by atoms with Crippen LogP contribution >= 0.6 is 0 Å². The largest absolute Gasteiger partial charge is 0.366 e. The fraction of sp³-hybridized carbons (Fsp3) is 0.667. The first-order valence-electron chi connectivity index (χ1n) is 9.98. The number of benzene rings is 1. The van der Waals surface area contributed by atoms with Gasteiger partial charge in [-0.15, -0.1) is 0 Å². The van der Waals surface area contributed by atoms with E-state index in [2.05, 4.69) is 0 Å². The highest BCUT2D eigenvalue weighted by Gasteiger charge is 2.32. The molecule has 10 nitrogen and oxygen atoms in total. The zero-order chi connectivity index (χ0) is 22.1. The summed E-state index contributed by atoms with van der Waals surface area (Å²) in [6.07, 6.45) is 4.79. The molecule has 1 aromatic carbocycles. The van der Waals surface area contributed by atoms with E-state index in [-0.39, 0.29) is 16.6 Å². The van der Waals surface area contributed by atoms with Crippen molar-refractivity contribution < 1.29 is 21.8 Å². The molecule has 0 amide bonds. The van der Waals surface area contributed by atoms with Crippen molar-refractivity contribution in [2.24, 2.45) is 0 Å². The summed E-state index contributed by atoms with van der Waals surface area (Å²) in [5.41, 5.74) is 0.112. The highest BCUT2D eigenvalue weighted by Crippen LogP contribution is 2.34. The van der Waals surface area contributed by atoms with Crippen LogP contribution in [0.1, 0.15) is 32.1 Å². The van der Waals surface area contributed by atoms with Crippen molar-refractivity contribution in [3.63, 3.8) is 0 Å². The standard InChI is InChI=1S/C18H28N4O6S2/c1-19(29(2,25)26)15-8-12-20(13-9-15)17-7-6-16(14-18(17)22(23)24)30(27,28)21-10-4-3-5-11-21/h6-7,14-15H,3-5,8-13H2,1-2H3. The zero-order valence-corrected chi connectivity index (χ0v) is 18.9. The number of piperidine rings is 2. The van der Waals surface area contributed by atoms with E-state index in [9.17, 15) is 26.9 Å². The molecule has 0 saturated carbocycles. The molecule has 0 unspecified atom stereocenters. The molecule has 2 aliphatic rings. The summed E-state index contributed by atoms with van der Waals surface area (Å²) < 4.78 is 52.0. The summed E-state index contributed by atoms with van der Waals surface area (Å²) in [6, 6.07) is 3.92. The van der Waals surface area contributed by atoms with Gasteiger partial charge < -0.3 is 4.90 Å². The monoisotopic (exact) mass is 460 g/mol. The number of sulfonamides is 2. The van der Waals surface area contributed by atoms with Crippen molar-refractivity contribution in [1.29, 1.82) is 0 Å².